The minimum atomic E-state index is -2.69. The molecule has 2 bridgehead atoms. The minimum absolute atomic E-state index is 0.0745. The molecule has 2 aromatic carbocycles. The number of imidazole rings is 2. The number of ether oxygens (including phenoxy) is 1. The maximum absolute atomic E-state index is 14.6. The molecule has 5 aromatic rings. The molecule has 1 unspecified atom stereocenters. The quantitative estimate of drug-likeness (QED) is 0.314. The summed E-state index contributed by atoms with van der Waals surface area (Å²) < 4.78 is 41.9. The van der Waals surface area contributed by atoms with Crippen LogP contribution in [0, 0.1) is 0 Å². The molecule has 9 nitrogen and oxygen atoms in total. The number of anilines is 1. The Hall–Kier alpha value is -3.99. The summed E-state index contributed by atoms with van der Waals surface area (Å²) in [7, 11) is 5.32. The number of hydrogen-bond donors (Lipinski definition) is 0. The van der Waals surface area contributed by atoms with Crippen molar-refractivity contribution in [3.8, 4) is 16.8 Å². The summed E-state index contributed by atoms with van der Waals surface area (Å²) in [6, 6.07) is 7.58. The molecule has 5 heterocycles. The van der Waals surface area contributed by atoms with Gasteiger partial charge in [-0.1, -0.05) is 20.8 Å². The maximum Gasteiger partial charge on any atom is 0.328 e. The van der Waals surface area contributed by atoms with E-state index in [1.807, 2.05) is 10.6 Å². The highest BCUT2D eigenvalue weighted by molar-refractivity contribution is 5.94. The maximum atomic E-state index is 14.6. The number of aromatic nitrogens is 6. The van der Waals surface area contributed by atoms with Gasteiger partial charge in [0.1, 0.15) is 5.82 Å². The lowest BCUT2D eigenvalue weighted by molar-refractivity contribution is 0.0992. The molecule has 2 aliphatic rings. The number of alkyl halides is 2. The van der Waals surface area contributed by atoms with Crippen LogP contribution in [0.4, 0.5) is 14.5 Å². The van der Waals surface area contributed by atoms with E-state index in [1.54, 1.807) is 59.5 Å². The highest BCUT2D eigenvalue weighted by atomic mass is 19.3. The lowest BCUT2D eigenvalue weighted by Gasteiger charge is -2.30. The van der Waals surface area contributed by atoms with Crippen LogP contribution in [-0.4, -0.2) is 53.8 Å². The van der Waals surface area contributed by atoms with Crippen molar-refractivity contribution < 1.29 is 13.5 Å². The molecule has 214 valence electrons. The van der Waals surface area contributed by atoms with Crippen LogP contribution in [0.2, 0.25) is 0 Å². The third-order valence-electron chi connectivity index (χ3n) is 8.54. The third-order valence-corrected chi connectivity index (χ3v) is 8.54. The first-order valence-corrected chi connectivity index (χ1v) is 13.8. The second-order valence-corrected chi connectivity index (χ2v) is 12.4. The molecule has 11 heteroatoms. The normalized spacial score (nSPS) is 19.1. The van der Waals surface area contributed by atoms with Gasteiger partial charge in [-0.2, -0.15) is 5.10 Å². The first-order chi connectivity index (χ1) is 19.4. The van der Waals surface area contributed by atoms with Crippen LogP contribution in [-0.2, 0) is 31.3 Å². The molecule has 0 saturated carbocycles. The molecule has 41 heavy (non-hydrogen) atoms. The van der Waals surface area contributed by atoms with Gasteiger partial charge >= 0.3 is 5.69 Å². The minimum Gasteiger partial charge on any atom is -0.374 e. The van der Waals surface area contributed by atoms with Gasteiger partial charge in [-0.25, -0.2) is 18.6 Å². The molecule has 0 spiro atoms. The molecular formula is C30H33F2N7O2. The highest BCUT2D eigenvalue weighted by Gasteiger charge is 2.40. The number of aryl methyl sites for hydroxylation is 3. The monoisotopic (exact) mass is 561 g/mol. The summed E-state index contributed by atoms with van der Waals surface area (Å²) in [5, 5.41) is 4.20. The van der Waals surface area contributed by atoms with Crippen molar-refractivity contribution in [2.45, 2.75) is 51.2 Å². The number of hydrogen-bond acceptors (Lipinski definition) is 5. The molecule has 3 aromatic heterocycles. The number of halogens is 2. The number of benzene rings is 2. The van der Waals surface area contributed by atoms with Gasteiger partial charge < -0.3 is 9.64 Å². The SMILES string of the molecule is Cn1cc(-c2cc3nc(C(C)(C)C)n(-c4cc(N5CC6C[C@H]5CO6)c5c(c4)n(C)c(=O)n5C)c3cc2C(F)F)cn1. The number of fused-ring (bicyclic) bond motifs is 4. The van der Waals surface area contributed by atoms with Gasteiger partial charge in [0, 0.05) is 50.4 Å². The molecular weight excluding hydrogens is 528 g/mol. The fourth-order valence-electron chi connectivity index (χ4n) is 6.55. The van der Waals surface area contributed by atoms with Gasteiger partial charge in [-0.15, -0.1) is 0 Å². The van der Waals surface area contributed by atoms with Crippen molar-refractivity contribution in [3.05, 3.63) is 58.5 Å². The molecule has 2 saturated heterocycles. The Bertz CT molecular complexity index is 1910. The zero-order valence-electron chi connectivity index (χ0n) is 24.0. The van der Waals surface area contributed by atoms with E-state index in [9.17, 15) is 13.6 Å². The number of rotatable bonds is 4. The Morgan fingerprint density at radius 2 is 1.83 bits per heavy atom. The van der Waals surface area contributed by atoms with Crippen molar-refractivity contribution in [3.63, 3.8) is 0 Å². The van der Waals surface area contributed by atoms with Crippen LogP contribution in [0.5, 0.6) is 0 Å². The summed E-state index contributed by atoms with van der Waals surface area (Å²) in [5.41, 5.74) is 4.99. The van der Waals surface area contributed by atoms with Crippen molar-refractivity contribution in [1.82, 2.24) is 28.5 Å². The molecule has 0 aliphatic carbocycles. The zero-order chi connectivity index (χ0) is 29.0. The van der Waals surface area contributed by atoms with Crippen LogP contribution in [0.25, 0.3) is 38.9 Å². The molecule has 0 amide bonds. The second-order valence-electron chi connectivity index (χ2n) is 12.4. The smallest absolute Gasteiger partial charge is 0.328 e. The van der Waals surface area contributed by atoms with Crippen molar-refractivity contribution in [1.29, 1.82) is 0 Å². The summed E-state index contributed by atoms with van der Waals surface area (Å²) in [4.78, 5) is 20.5. The predicted octanol–water partition coefficient (Wildman–Crippen LogP) is 4.83. The second kappa shape index (κ2) is 8.75. The van der Waals surface area contributed by atoms with Gasteiger partial charge in [-0.3, -0.25) is 18.4 Å². The van der Waals surface area contributed by atoms with Crippen LogP contribution < -0.4 is 10.6 Å². The topological polar surface area (TPSA) is 75.0 Å². The van der Waals surface area contributed by atoms with E-state index in [4.69, 9.17) is 9.72 Å². The number of nitrogens with zero attached hydrogens (tertiary/aromatic N) is 7. The van der Waals surface area contributed by atoms with Crippen molar-refractivity contribution in [2.24, 2.45) is 21.1 Å². The van der Waals surface area contributed by atoms with E-state index in [0.717, 1.165) is 41.2 Å². The predicted molar refractivity (Wildman–Crippen MR) is 154 cm³/mol. The Kier molecular flexibility index (Phi) is 5.54. The van der Waals surface area contributed by atoms with E-state index in [2.05, 4.69) is 36.8 Å². The van der Waals surface area contributed by atoms with Crippen LogP contribution in [0.3, 0.4) is 0 Å². The molecule has 2 aliphatic heterocycles. The van der Waals surface area contributed by atoms with E-state index >= 15 is 0 Å². The first-order valence-electron chi connectivity index (χ1n) is 13.8. The third kappa shape index (κ3) is 3.85. The Morgan fingerprint density at radius 1 is 1.05 bits per heavy atom. The van der Waals surface area contributed by atoms with Gasteiger partial charge in [0.2, 0.25) is 0 Å². The van der Waals surface area contributed by atoms with Gasteiger partial charge in [0.15, 0.2) is 0 Å². The highest BCUT2D eigenvalue weighted by Crippen LogP contribution is 2.41. The number of morpholine rings is 1. The van der Waals surface area contributed by atoms with Crippen LogP contribution in [0.1, 0.15) is 45.0 Å². The van der Waals surface area contributed by atoms with Gasteiger partial charge in [0.25, 0.3) is 6.43 Å². The van der Waals surface area contributed by atoms with E-state index in [1.165, 1.54) is 0 Å². The standard InChI is InChI=1S/C30H33F2N7O2/c1-30(2,3)28-34-22-10-20(16-12-33-35(4)13-16)21(27(31)32)11-23(22)39(28)17-8-24-26(37(6)29(40)36(24)5)25(9-17)38-14-19-7-18(38)15-41-19/h8-13,18-19,27H,7,14-15H2,1-6H3/t18-,19?/m0/s1. The van der Waals surface area contributed by atoms with E-state index in [-0.39, 0.29) is 23.4 Å². The fourth-order valence-corrected chi connectivity index (χ4v) is 6.55. The average Bonchev–Trinajstić information content (AvgIpc) is 3.75. The summed E-state index contributed by atoms with van der Waals surface area (Å²) in [5.74, 6) is 0.744. The Labute approximate surface area is 235 Å². The van der Waals surface area contributed by atoms with Gasteiger partial charge in [0.05, 0.1) is 58.4 Å². The Balaban J connectivity index is 1.54. The molecule has 0 N–H and O–H groups in total. The van der Waals surface area contributed by atoms with Crippen LogP contribution >= 0.6 is 0 Å². The lowest BCUT2D eigenvalue weighted by Crippen LogP contribution is -2.37. The van der Waals surface area contributed by atoms with Crippen LogP contribution in [0.15, 0.2) is 41.5 Å². The average molecular weight is 562 g/mol. The van der Waals surface area contributed by atoms with E-state index in [0.29, 0.717) is 28.8 Å². The molecule has 2 fully saturated rings. The van der Waals surface area contributed by atoms with E-state index < -0.39 is 11.8 Å². The fraction of sp³-hybridized carbons (Fsp3) is 0.433. The first kappa shape index (κ1) is 25.9. The largest absolute Gasteiger partial charge is 0.374 e. The van der Waals surface area contributed by atoms with Crippen molar-refractivity contribution in [2.75, 3.05) is 18.1 Å². The lowest BCUT2D eigenvalue weighted by atomic mass is 9.95. The van der Waals surface area contributed by atoms with Crippen molar-refractivity contribution >= 4 is 27.8 Å². The van der Waals surface area contributed by atoms with Gasteiger partial charge in [-0.05, 0) is 36.2 Å². The summed E-state index contributed by atoms with van der Waals surface area (Å²) in [6.07, 6.45) is 1.75. The zero-order valence-corrected chi connectivity index (χ0v) is 24.0. The Morgan fingerprint density at radius 3 is 2.44 bits per heavy atom. The molecule has 7 rings (SSSR count). The summed E-state index contributed by atoms with van der Waals surface area (Å²) >= 11 is 0. The molecule has 2 atom stereocenters. The molecule has 0 radical (unpaired) electrons. The summed E-state index contributed by atoms with van der Waals surface area (Å²) in [6.45, 7) is 7.58.